The first-order chi connectivity index (χ1) is 13.2. The van der Waals surface area contributed by atoms with Crippen LogP contribution < -0.4 is 10.1 Å². The van der Waals surface area contributed by atoms with Crippen molar-refractivity contribution in [1.29, 1.82) is 0 Å². The molecule has 0 spiro atoms. The Morgan fingerprint density at radius 1 is 1.14 bits per heavy atom. The fourth-order valence-corrected chi connectivity index (χ4v) is 2.56. The molecule has 0 unspecified atom stereocenters. The fourth-order valence-electron chi connectivity index (χ4n) is 2.56. The first kappa shape index (κ1) is 21.2. The number of pyridine rings is 1. The zero-order valence-electron chi connectivity index (χ0n) is 15.2. The van der Waals surface area contributed by atoms with Gasteiger partial charge in [-0.25, -0.2) is 9.78 Å². The predicted octanol–water partition coefficient (Wildman–Crippen LogP) is 2.55. The van der Waals surface area contributed by atoms with Crippen LogP contribution >= 0.6 is 0 Å². The number of carbonyl (C=O) groups excluding carboxylic acids is 2. The average Bonchev–Trinajstić information content (AvgIpc) is 2.67. The van der Waals surface area contributed by atoms with E-state index in [2.05, 4.69) is 10.3 Å². The van der Waals surface area contributed by atoms with Gasteiger partial charge in [-0.1, -0.05) is 18.2 Å². The van der Waals surface area contributed by atoms with Gasteiger partial charge in [-0.2, -0.15) is 13.2 Å². The SMILES string of the molecule is COC(=O)[C@@H](Cc1cccnc1OC)NC(=O)Cc1ccc(C(F)(F)F)cc1. The number of esters is 1. The second-order valence-electron chi connectivity index (χ2n) is 5.89. The van der Waals surface area contributed by atoms with Crippen LogP contribution in [-0.4, -0.2) is 37.1 Å². The highest BCUT2D eigenvalue weighted by Crippen LogP contribution is 2.29. The Labute approximate surface area is 159 Å². The number of aromatic nitrogens is 1. The van der Waals surface area contributed by atoms with Crippen molar-refractivity contribution in [3.63, 3.8) is 0 Å². The lowest BCUT2D eigenvalue weighted by atomic mass is 10.1. The maximum absolute atomic E-state index is 12.6. The maximum Gasteiger partial charge on any atom is 0.416 e. The Bertz CT molecular complexity index is 823. The molecule has 0 fully saturated rings. The second kappa shape index (κ2) is 9.20. The molecule has 6 nitrogen and oxygen atoms in total. The summed E-state index contributed by atoms with van der Waals surface area (Å²) in [4.78, 5) is 28.3. The van der Waals surface area contributed by atoms with Crippen molar-refractivity contribution in [2.75, 3.05) is 14.2 Å². The van der Waals surface area contributed by atoms with E-state index in [0.717, 1.165) is 12.1 Å². The Kier molecular flexibility index (Phi) is 6.97. The van der Waals surface area contributed by atoms with Gasteiger partial charge < -0.3 is 14.8 Å². The zero-order chi connectivity index (χ0) is 20.7. The van der Waals surface area contributed by atoms with Gasteiger partial charge in [0, 0.05) is 18.2 Å². The van der Waals surface area contributed by atoms with Gasteiger partial charge in [0.15, 0.2) is 0 Å². The summed E-state index contributed by atoms with van der Waals surface area (Å²) in [6.07, 6.45) is -3.02. The summed E-state index contributed by atoms with van der Waals surface area (Å²) in [7, 11) is 2.62. The van der Waals surface area contributed by atoms with Crippen molar-refractivity contribution >= 4 is 11.9 Å². The number of amides is 1. The molecule has 1 aromatic carbocycles. The van der Waals surface area contributed by atoms with Gasteiger partial charge in [0.2, 0.25) is 11.8 Å². The molecule has 1 aromatic heterocycles. The number of rotatable bonds is 7. The summed E-state index contributed by atoms with van der Waals surface area (Å²) in [5, 5.41) is 2.54. The lowest BCUT2D eigenvalue weighted by molar-refractivity contribution is -0.145. The van der Waals surface area contributed by atoms with E-state index < -0.39 is 29.7 Å². The van der Waals surface area contributed by atoms with Gasteiger partial charge in [0.25, 0.3) is 0 Å². The quantitative estimate of drug-likeness (QED) is 0.728. The number of nitrogens with zero attached hydrogens (tertiary/aromatic N) is 1. The number of carbonyl (C=O) groups is 2. The molecule has 1 heterocycles. The van der Waals surface area contributed by atoms with Crippen LogP contribution in [0.5, 0.6) is 5.88 Å². The molecule has 0 saturated heterocycles. The molecule has 0 aliphatic carbocycles. The summed E-state index contributed by atoms with van der Waals surface area (Å²) >= 11 is 0. The normalized spacial score (nSPS) is 12.2. The number of alkyl halides is 3. The van der Waals surface area contributed by atoms with Gasteiger partial charge in [-0.05, 0) is 23.8 Å². The molecule has 2 aromatic rings. The van der Waals surface area contributed by atoms with E-state index in [4.69, 9.17) is 9.47 Å². The van der Waals surface area contributed by atoms with Crippen LogP contribution in [0.2, 0.25) is 0 Å². The van der Waals surface area contributed by atoms with E-state index in [0.29, 0.717) is 17.0 Å². The van der Waals surface area contributed by atoms with Gasteiger partial charge >= 0.3 is 12.1 Å². The number of hydrogen-bond donors (Lipinski definition) is 1. The monoisotopic (exact) mass is 396 g/mol. The van der Waals surface area contributed by atoms with Crippen molar-refractivity contribution in [1.82, 2.24) is 10.3 Å². The smallest absolute Gasteiger partial charge is 0.416 e. The fraction of sp³-hybridized carbons (Fsp3) is 0.316. The second-order valence-corrected chi connectivity index (χ2v) is 5.89. The first-order valence-electron chi connectivity index (χ1n) is 8.25. The van der Waals surface area contributed by atoms with Gasteiger partial charge in [-0.3, -0.25) is 4.79 Å². The highest BCUT2D eigenvalue weighted by molar-refractivity contribution is 5.85. The molecule has 9 heteroatoms. The van der Waals surface area contributed by atoms with E-state index in [1.165, 1.54) is 32.5 Å². The number of methoxy groups -OCH3 is 2. The van der Waals surface area contributed by atoms with Gasteiger partial charge in [0.05, 0.1) is 26.2 Å². The minimum absolute atomic E-state index is 0.0858. The summed E-state index contributed by atoms with van der Waals surface area (Å²) in [5.74, 6) is -0.877. The summed E-state index contributed by atoms with van der Waals surface area (Å²) in [6.45, 7) is 0. The first-order valence-corrected chi connectivity index (χ1v) is 8.25. The third kappa shape index (κ3) is 5.70. The van der Waals surface area contributed by atoms with E-state index in [1.54, 1.807) is 12.1 Å². The number of halogens is 3. The number of hydrogen-bond acceptors (Lipinski definition) is 5. The molecule has 2 rings (SSSR count). The minimum atomic E-state index is -4.44. The predicted molar refractivity (Wildman–Crippen MR) is 93.6 cm³/mol. The largest absolute Gasteiger partial charge is 0.481 e. The molecule has 0 aliphatic heterocycles. The molecule has 0 aliphatic rings. The van der Waals surface area contributed by atoms with Crippen molar-refractivity contribution in [3.05, 3.63) is 59.3 Å². The summed E-state index contributed by atoms with van der Waals surface area (Å²) in [5.41, 5.74) is 0.177. The molecule has 0 bridgehead atoms. The lowest BCUT2D eigenvalue weighted by Gasteiger charge is -2.17. The van der Waals surface area contributed by atoms with Crippen molar-refractivity contribution in [3.8, 4) is 5.88 Å². The standard InChI is InChI=1S/C19H19F3N2O4/c1-27-17-13(4-3-9-23-17)11-15(18(26)28-2)24-16(25)10-12-5-7-14(8-6-12)19(20,21)22/h3-9,15H,10-11H2,1-2H3,(H,24,25)/t15-/m1/s1. The Balaban J connectivity index is 2.07. The highest BCUT2D eigenvalue weighted by atomic mass is 19.4. The number of benzene rings is 1. The molecule has 28 heavy (non-hydrogen) atoms. The molecule has 150 valence electrons. The molecular weight excluding hydrogens is 377 g/mol. The van der Waals surface area contributed by atoms with Crippen LogP contribution in [0.4, 0.5) is 13.2 Å². The van der Waals surface area contributed by atoms with Crippen LogP contribution in [0.3, 0.4) is 0 Å². The number of nitrogens with one attached hydrogen (secondary N) is 1. The zero-order valence-corrected chi connectivity index (χ0v) is 15.2. The minimum Gasteiger partial charge on any atom is -0.481 e. The molecule has 0 radical (unpaired) electrons. The third-order valence-electron chi connectivity index (χ3n) is 3.93. The van der Waals surface area contributed by atoms with Crippen LogP contribution in [0.15, 0.2) is 42.6 Å². The van der Waals surface area contributed by atoms with Crippen LogP contribution in [-0.2, 0) is 33.3 Å². The van der Waals surface area contributed by atoms with Crippen molar-refractivity contribution in [2.45, 2.75) is 25.1 Å². The molecule has 0 saturated carbocycles. The summed E-state index contributed by atoms with van der Waals surface area (Å²) < 4.78 is 47.7. The molecule has 1 atom stereocenters. The van der Waals surface area contributed by atoms with Gasteiger partial charge in [0.1, 0.15) is 6.04 Å². The maximum atomic E-state index is 12.6. The van der Waals surface area contributed by atoms with Crippen LogP contribution in [0.25, 0.3) is 0 Å². The molecule has 1 amide bonds. The lowest BCUT2D eigenvalue weighted by Crippen LogP contribution is -2.43. The van der Waals surface area contributed by atoms with E-state index in [-0.39, 0.29) is 12.8 Å². The Morgan fingerprint density at radius 3 is 2.39 bits per heavy atom. The molecule has 1 N–H and O–H groups in total. The van der Waals surface area contributed by atoms with Crippen molar-refractivity contribution in [2.24, 2.45) is 0 Å². The Hall–Kier alpha value is -3.10. The van der Waals surface area contributed by atoms with Gasteiger partial charge in [-0.15, -0.1) is 0 Å². The topological polar surface area (TPSA) is 77.5 Å². The third-order valence-corrected chi connectivity index (χ3v) is 3.93. The van der Waals surface area contributed by atoms with Crippen LogP contribution in [0, 0.1) is 0 Å². The van der Waals surface area contributed by atoms with Crippen molar-refractivity contribution < 1.29 is 32.2 Å². The molecular formula is C19H19F3N2O4. The Morgan fingerprint density at radius 2 is 1.82 bits per heavy atom. The van der Waals surface area contributed by atoms with E-state index in [1.807, 2.05) is 0 Å². The van der Waals surface area contributed by atoms with Crippen LogP contribution in [0.1, 0.15) is 16.7 Å². The van der Waals surface area contributed by atoms with E-state index in [9.17, 15) is 22.8 Å². The van der Waals surface area contributed by atoms with E-state index >= 15 is 0 Å². The number of ether oxygens (including phenoxy) is 2. The summed E-state index contributed by atoms with van der Waals surface area (Å²) in [6, 6.07) is 6.62. The highest BCUT2D eigenvalue weighted by Gasteiger charge is 2.30. The average molecular weight is 396 g/mol.